The molecule has 1 rings (SSSR count). The largest absolute Gasteiger partial charge is 0.357 e. The first-order valence-corrected chi connectivity index (χ1v) is 8.01. The molecule has 0 aromatic carbocycles. The number of thiazole rings is 1. The molecule has 0 aliphatic heterocycles. The summed E-state index contributed by atoms with van der Waals surface area (Å²) in [6, 6.07) is 0. The molecule has 0 fully saturated rings. The molecule has 0 bridgehead atoms. The Morgan fingerprint density at radius 1 is 1.35 bits per heavy atom. The van der Waals surface area contributed by atoms with Crippen LogP contribution in [0.25, 0.3) is 0 Å². The molecule has 6 heteroatoms. The third kappa shape index (κ3) is 7.42. The molecule has 116 valence electrons. The minimum atomic E-state index is 0. The minimum absolute atomic E-state index is 0. The highest BCUT2D eigenvalue weighted by atomic mass is 127. The lowest BCUT2D eigenvalue weighted by Crippen LogP contribution is -2.37. The predicted octanol–water partition coefficient (Wildman–Crippen LogP) is 3.74. The van der Waals surface area contributed by atoms with Crippen LogP contribution in [0.4, 0.5) is 0 Å². The standard InChI is InChI=1S/C14H26N4S.HI/c1-5-7-8-16-14(15-6-2)17-9-12-10-19-13(18-12)11(3)4;/h10-11H,5-9H2,1-4H3,(H2,15,16,17);1H. The zero-order chi connectivity index (χ0) is 14.1. The maximum atomic E-state index is 4.59. The lowest BCUT2D eigenvalue weighted by atomic mass is 10.2. The molecule has 2 N–H and O–H groups in total. The molecule has 20 heavy (non-hydrogen) atoms. The van der Waals surface area contributed by atoms with Crippen molar-refractivity contribution in [3.05, 3.63) is 16.1 Å². The van der Waals surface area contributed by atoms with Gasteiger partial charge in [-0.1, -0.05) is 27.2 Å². The lowest BCUT2D eigenvalue weighted by Gasteiger charge is -2.10. The second-order valence-electron chi connectivity index (χ2n) is 4.81. The highest BCUT2D eigenvalue weighted by molar-refractivity contribution is 14.0. The fraction of sp³-hybridized carbons (Fsp3) is 0.714. The number of unbranched alkanes of at least 4 members (excludes halogenated alkanes) is 1. The Balaban J connectivity index is 0.00000361. The number of aromatic nitrogens is 1. The molecular weight excluding hydrogens is 383 g/mol. The van der Waals surface area contributed by atoms with Gasteiger partial charge in [0.1, 0.15) is 0 Å². The number of hydrogen-bond acceptors (Lipinski definition) is 3. The van der Waals surface area contributed by atoms with Gasteiger partial charge in [-0.15, -0.1) is 35.3 Å². The van der Waals surface area contributed by atoms with Crippen LogP contribution in [0.1, 0.15) is 57.2 Å². The van der Waals surface area contributed by atoms with E-state index in [0.717, 1.165) is 24.7 Å². The van der Waals surface area contributed by atoms with E-state index in [4.69, 9.17) is 0 Å². The molecule has 1 aromatic heterocycles. The highest BCUT2D eigenvalue weighted by Gasteiger charge is 2.05. The number of nitrogens with zero attached hydrogens (tertiary/aromatic N) is 2. The van der Waals surface area contributed by atoms with Crippen LogP contribution in [0.3, 0.4) is 0 Å². The maximum absolute atomic E-state index is 4.59. The van der Waals surface area contributed by atoms with Crippen LogP contribution in [-0.2, 0) is 6.54 Å². The third-order valence-corrected chi connectivity index (χ3v) is 3.82. The first kappa shape index (κ1) is 19.6. The zero-order valence-electron chi connectivity index (χ0n) is 12.9. The Morgan fingerprint density at radius 3 is 2.65 bits per heavy atom. The lowest BCUT2D eigenvalue weighted by molar-refractivity contribution is 0.729. The fourth-order valence-corrected chi connectivity index (χ4v) is 2.37. The van der Waals surface area contributed by atoms with E-state index >= 15 is 0 Å². The van der Waals surface area contributed by atoms with Crippen molar-refractivity contribution >= 4 is 41.3 Å². The second-order valence-corrected chi connectivity index (χ2v) is 5.70. The van der Waals surface area contributed by atoms with Gasteiger partial charge in [0.05, 0.1) is 17.2 Å². The minimum Gasteiger partial charge on any atom is -0.357 e. The second kappa shape index (κ2) is 11.3. The van der Waals surface area contributed by atoms with Crippen molar-refractivity contribution in [3.8, 4) is 0 Å². The summed E-state index contributed by atoms with van der Waals surface area (Å²) >= 11 is 1.72. The van der Waals surface area contributed by atoms with Gasteiger partial charge in [0.15, 0.2) is 5.96 Å². The van der Waals surface area contributed by atoms with Crippen LogP contribution in [0.2, 0.25) is 0 Å². The summed E-state index contributed by atoms with van der Waals surface area (Å²) in [5.41, 5.74) is 1.06. The van der Waals surface area contributed by atoms with Crippen LogP contribution < -0.4 is 10.6 Å². The molecule has 0 atom stereocenters. The molecule has 0 unspecified atom stereocenters. The van der Waals surface area contributed by atoms with Crippen LogP contribution >= 0.6 is 35.3 Å². The number of hydrogen-bond donors (Lipinski definition) is 2. The SMILES string of the molecule is CCCCNC(=NCc1csc(C(C)C)n1)NCC.I. The third-order valence-electron chi connectivity index (χ3n) is 2.63. The van der Waals surface area contributed by atoms with Crippen molar-refractivity contribution in [2.45, 2.75) is 53.0 Å². The van der Waals surface area contributed by atoms with Crippen LogP contribution in [-0.4, -0.2) is 24.0 Å². The van der Waals surface area contributed by atoms with Crippen LogP contribution in [0.15, 0.2) is 10.4 Å². The van der Waals surface area contributed by atoms with Gasteiger partial charge in [0.2, 0.25) is 0 Å². The van der Waals surface area contributed by atoms with Crippen LogP contribution in [0, 0.1) is 0 Å². The van der Waals surface area contributed by atoms with Gasteiger partial charge in [0, 0.05) is 24.4 Å². The first-order chi connectivity index (χ1) is 9.17. The Morgan fingerprint density at radius 2 is 2.10 bits per heavy atom. The molecule has 0 aliphatic carbocycles. The van der Waals surface area contributed by atoms with E-state index < -0.39 is 0 Å². The summed E-state index contributed by atoms with van der Waals surface area (Å²) in [6.07, 6.45) is 2.36. The van der Waals surface area contributed by atoms with Gasteiger partial charge in [-0.05, 0) is 13.3 Å². The number of guanidine groups is 1. The van der Waals surface area contributed by atoms with E-state index in [1.54, 1.807) is 11.3 Å². The summed E-state index contributed by atoms with van der Waals surface area (Å²) in [5.74, 6) is 1.38. The van der Waals surface area contributed by atoms with E-state index in [-0.39, 0.29) is 24.0 Å². The van der Waals surface area contributed by atoms with E-state index in [1.807, 2.05) is 0 Å². The monoisotopic (exact) mass is 410 g/mol. The first-order valence-electron chi connectivity index (χ1n) is 7.13. The molecular formula is C14H27IN4S. The van der Waals surface area contributed by atoms with E-state index in [9.17, 15) is 0 Å². The Bertz CT molecular complexity index is 390. The Labute approximate surface area is 143 Å². The molecule has 1 heterocycles. The van der Waals surface area contributed by atoms with Gasteiger partial charge < -0.3 is 10.6 Å². The normalized spacial score (nSPS) is 11.3. The van der Waals surface area contributed by atoms with Crippen molar-refractivity contribution in [2.24, 2.45) is 4.99 Å². The number of aliphatic imine (C=N–C) groups is 1. The molecule has 0 aliphatic rings. The summed E-state index contributed by atoms with van der Waals surface area (Å²) in [6.45, 7) is 11.1. The molecule has 0 saturated heterocycles. The smallest absolute Gasteiger partial charge is 0.191 e. The Hall–Kier alpha value is -0.370. The van der Waals surface area contributed by atoms with Crippen molar-refractivity contribution in [1.29, 1.82) is 0 Å². The quantitative estimate of drug-likeness (QED) is 0.312. The van der Waals surface area contributed by atoms with Gasteiger partial charge in [-0.2, -0.15) is 0 Å². The average Bonchev–Trinajstić information content (AvgIpc) is 2.85. The van der Waals surface area contributed by atoms with E-state index in [2.05, 4.69) is 53.7 Å². The molecule has 1 aromatic rings. The summed E-state index contributed by atoms with van der Waals surface area (Å²) in [5, 5.41) is 9.89. The van der Waals surface area contributed by atoms with Crippen LogP contribution in [0.5, 0.6) is 0 Å². The van der Waals surface area contributed by atoms with Gasteiger partial charge in [0.25, 0.3) is 0 Å². The fourth-order valence-electron chi connectivity index (χ4n) is 1.55. The number of rotatable bonds is 7. The maximum Gasteiger partial charge on any atom is 0.191 e. The topological polar surface area (TPSA) is 49.3 Å². The summed E-state index contributed by atoms with van der Waals surface area (Å²) < 4.78 is 0. The average molecular weight is 410 g/mol. The predicted molar refractivity (Wildman–Crippen MR) is 99.3 cm³/mol. The Kier molecular flexibility index (Phi) is 11.1. The van der Waals surface area contributed by atoms with E-state index in [1.165, 1.54) is 17.8 Å². The van der Waals surface area contributed by atoms with Crippen molar-refractivity contribution in [3.63, 3.8) is 0 Å². The van der Waals surface area contributed by atoms with Gasteiger partial charge in [-0.25, -0.2) is 9.98 Å². The zero-order valence-corrected chi connectivity index (χ0v) is 16.0. The molecule has 0 spiro atoms. The van der Waals surface area contributed by atoms with Crippen molar-refractivity contribution in [2.75, 3.05) is 13.1 Å². The van der Waals surface area contributed by atoms with E-state index in [0.29, 0.717) is 12.5 Å². The van der Waals surface area contributed by atoms with Gasteiger partial charge >= 0.3 is 0 Å². The van der Waals surface area contributed by atoms with Crippen molar-refractivity contribution in [1.82, 2.24) is 15.6 Å². The number of halogens is 1. The molecule has 0 saturated carbocycles. The number of nitrogens with one attached hydrogen (secondary N) is 2. The summed E-state index contributed by atoms with van der Waals surface area (Å²) in [4.78, 5) is 9.16. The summed E-state index contributed by atoms with van der Waals surface area (Å²) in [7, 11) is 0. The molecule has 4 nitrogen and oxygen atoms in total. The van der Waals surface area contributed by atoms with Gasteiger partial charge in [-0.3, -0.25) is 0 Å². The molecule has 0 amide bonds. The highest BCUT2D eigenvalue weighted by Crippen LogP contribution is 2.19. The van der Waals surface area contributed by atoms with Crippen molar-refractivity contribution < 1.29 is 0 Å². The molecule has 0 radical (unpaired) electrons.